The molecule has 3 rings (SSSR count). The summed E-state index contributed by atoms with van der Waals surface area (Å²) in [6.45, 7) is 6.30. The van der Waals surface area contributed by atoms with Crippen molar-refractivity contribution in [3.63, 3.8) is 0 Å². The number of esters is 1. The second-order valence-electron chi connectivity index (χ2n) is 7.58. The Morgan fingerprint density at radius 1 is 1.18 bits per heavy atom. The van der Waals surface area contributed by atoms with E-state index in [0.717, 1.165) is 18.4 Å². The van der Waals surface area contributed by atoms with E-state index in [2.05, 4.69) is 0 Å². The predicted octanol–water partition coefficient (Wildman–Crippen LogP) is 3.26. The third kappa shape index (κ3) is 4.64. The van der Waals surface area contributed by atoms with E-state index in [-0.39, 0.29) is 24.7 Å². The summed E-state index contributed by atoms with van der Waals surface area (Å²) in [5.74, 6) is -0.344. The van der Waals surface area contributed by atoms with Crippen LogP contribution in [-0.2, 0) is 30.3 Å². The average molecular weight is 391 g/mol. The van der Waals surface area contributed by atoms with Crippen molar-refractivity contribution in [2.75, 3.05) is 13.2 Å². The molecule has 0 aromatic heterocycles. The van der Waals surface area contributed by atoms with Gasteiger partial charge in [-0.15, -0.1) is 0 Å². The van der Waals surface area contributed by atoms with Gasteiger partial charge in [-0.05, 0) is 45.6 Å². The zero-order valence-electron chi connectivity index (χ0n) is 16.8. The van der Waals surface area contributed by atoms with Crippen LogP contribution in [0.3, 0.4) is 0 Å². The standard InChI is InChI=1S/C21H29NO6/c1-4-25-19(23)18-12-8-11-17(28-18)16-14-27-21(2,3)22(16)20(24)26-13-15-9-6-5-7-10-15/h5-7,9-10,16-18H,4,8,11-14H2,1-3H3/t16-,17+,18-/m0/s1. The Morgan fingerprint density at radius 3 is 2.64 bits per heavy atom. The van der Waals surface area contributed by atoms with Crippen molar-refractivity contribution < 1.29 is 28.5 Å². The Hall–Kier alpha value is -2.12. The van der Waals surface area contributed by atoms with Gasteiger partial charge in [-0.2, -0.15) is 0 Å². The molecule has 0 aliphatic carbocycles. The molecule has 0 radical (unpaired) electrons. The summed E-state index contributed by atoms with van der Waals surface area (Å²) >= 11 is 0. The molecule has 2 aliphatic rings. The maximum absolute atomic E-state index is 12.9. The molecule has 3 atom stereocenters. The summed E-state index contributed by atoms with van der Waals surface area (Å²) in [5.41, 5.74) is 0.111. The molecule has 2 aliphatic heterocycles. The van der Waals surface area contributed by atoms with Gasteiger partial charge in [0.25, 0.3) is 0 Å². The minimum atomic E-state index is -0.807. The fraction of sp³-hybridized carbons (Fsp3) is 0.619. The summed E-state index contributed by atoms with van der Waals surface area (Å²) in [6.07, 6.45) is 0.877. The number of rotatable bonds is 5. The van der Waals surface area contributed by atoms with E-state index in [1.54, 1.807) is 11.8 Å². The summed E-state index contributed by atoms with van der Waals surface area (Å²) in [7, 11) is 0. The van der Waals surface area contributed by atoms with Crippen molar-refractivity contribution in [2.45, 2.75) is 70.6 Å². The quantitative estimate of drug-likeness (QED) is 0.718. The van der Waals surface area contributed by atoms with Gasteiger partial charge < -0.3 is 18.9 Å². The highest BCUT2D eigenvalue weighted by molar-refractivity contribution is 5.74. The van der Waals surface area contributed by atoms with Crippen LogP contribution < -0.4 is 0 Å². The van der Waals surface area contributed by atoms with Gasteiger partial charge in [-0.3, -0.25) is 4.90 Å². The van der Waals surface area contributed by atoms with E-state index in [4.69, 9.17) is 18.9 Å². The summed E-state index contributed by atoms with van der Waals surface area (Å²) < 4.78 is 22.5. The lowest BCUT2D eigenvalue weighted by Gasteiger charge is -2.38. The molecule has 0 spiro atoms. The predicted molar refractivity (Wildman–Crippen MR) is 101 cm³/mol. The molecule has 154 valence electrons. The number of amides is 1. The molecule has 0 saturated carbocycles. The molecular formula is C21H29NO6. The van der Waals surface area contributed by atoms with Crippen LogP contribution in [0.2, 0.25) is 0 Å². The topological polar surface area (TPSA) is 74.3 Å². The highest BCUT2D eigenvalue weighted by Gasteiger charge is 2.49. The average Bonchev–Trinajstić information content (AvgIpc) is 3.02. The monoisotopic (exact) mass is 391 g/mol. The van der Waals surface area contributed by atoms with Gasteiger partial charge in [0.15, 0.2) is 6.10 Å². The Morgan fingerprint density at radius 2 is 1.93 bits per heavy atom. The van der Waals surface area contributed by atoms with Crippen molar-refractivity contribution in [1.82, 2.24) is 4.90 Å². The molecule has 2 saturated heterocycles. The molecule has 7 nitrogen and oxygen atoms in total. The van der Waals surface area contributed by atoms with Gasteiger partial charge >= 0.3 is 12.1 Å². The molecule has 0 bridgehead atoms. The zero-order valence-corrected chi connectivity index (χ0v) is 16.8. The maximum atomic E-state index is 12.9. The van der Waals surface area contributed by atoms with Crippen LogP contribution in [0.15, 0.2) is 30.3 Å². The second-order valence-corrected chi connectivity index (χ2v) is 7.58. The molecule has 2 fully saturated rings. The molecule has 1 amide bonds. The SMILES string of the molecule is CCOC(=O)[C@@H]1CCC[C@H]([C@@H]2COC(C)(C)N2C(=O)OCc2ccccc2)O1. The minimum absolute atomic E-state index is 0.190. The van der Waals surface area contributed by atoms with Crippen LogP contribution in [-0.4, -0.2) is 54.2 Å². The third-order valence-electron chi connectivity index (χ3n) is 5.19. The zero-order chi connectivity index (χ0) is 20.1. The van der Waals surface area contributed by atoms with Crippen molar-refractivity contribution in [3.8, 4) is 0 Å². The molecule has 7 heteroatoms. The van der Waals surface area contributed by atoms with Crippen molar-refractivity contribution in [1.29, 1.82) is 0 Å². The van der Waals surface area contributed by atoms with Crippen LogP contribution >= 0.6 is 0 Å². The van der Waals surface area contributed by atoms with E-state index in [9.17, 15) is 9.59 Å². The Labute approximate surface area is 165 Å². The van der Waals surface area contributed by atoms with Crippen LogP contribution in [0.25, 0.3) is 0 Å². The second kappa shape index (κ2) is 8.92. The molecule has 0 N–H and O–H groups in total. The van der Waals surface area contributed by atoms with Gasteiger partial charge in [-0.25, -0.2) is 9.59 Å². The van der Waals surface area contributed by atoms with Gasteiger partial charge in [-0.1, -0.05) is 30.3 Å². The first-order chi connectivity index (χ1) is 13.4. The summed E-state index contributed by atoms with van der Waals surface area (Å²) in [5, 5.41) is 0. The fourth-order valence-electron chi connectivity index (χ4n) is 3.79. The minimum Gasteiger partial charge on any atom is -0.464 e. The third-order valence-corrected chi connectivity index (χ3v) is 5.19. The Kier molecular flexibility index (Phi) is 6.57. The van der Waals surface area contributed by atoms with Gasteiger partial charge in [0.2, 0.25) is 0 Å². The highest BCUT2D eigenvalue weighted by Crippen LogP contribution is 2.34. The van der Waals surface area contributed by atoms with E-state index in [0.29, 0.717) is 19.6 Å². The number of carbonyl (C=O) groups is 2. The molecule has 1 aromatic rings. The van der Waals surface area contributed by atoms with Crippen LogP contribution in [0.5, 0.6) is 0 Å². The lowest BCUT2D eigenvalue weighted by Crippen LogP contribution is -2.54. The molecule has 2 heterocycles. The van der Waals surface area contributed by atoms with E-state index in [1.807, 2.05) is 44.2 Å². The number of benzene rings is 1. The van der Waals surface area contributed by atoms with Crippen molar-refractivity contribution in [3.05, 3.63) is 35.9 Å². The van der Waals surface area contributed by atoms with Crippen molar-refractivity contribution in [2.24, 2.45) is 0 Å². The lowest BCUT2D eigenvalue weighted by molar-refractivity contribution is -0.168. The number of hydrogen-bond acceptors (Lipinski definition) is 6. The normalized spacial score (nSPS) is 26.7. The van der Waals surface area contributed by atoms with Gasteiger partial charge in [0.05, 0.1) is 25.4 Å². The largest absolute Gasteiger partial charge is 0.464 e. The summed E-state index contributed by atoms with van der Waals surface area (Å²) in [6, 6.07) is 9.23. The molecular weight excluding hydrogens is 362 g/mol. The number of carbonyl (C=O) groups excluding carboxylic acids is 2. The van der Waals surface area contributed by atoms with E-state index < -0.39 is 17.9 Å². The molecule has 0 unspecified atom stereocenters. The number of hydrogen-bond donors (Lipinski definition) is 0. The van der Waals surface area contributed by atoms with Gasteiger partial charge in [0.1, 0.15) is 12.3 Å². The first kappa shape index (κ1) is 20.6. The maximum Gasteiger partial charge on any atom is 0.412 e. The van der Waals surface area contributed by atoms with Gasteiger partial charge in [0, 0.05) is 0 Å². The Bertz CT molecular complexity index is 677. The van der Waals surface area contributed by atoms with Crippen molar-refractivity contribution >= 4 is 12.1 Å². The summed E-state index contributed by atoms with van der Waals surface area (Å²) in [4.78, 5) is 26.6. The molecule has 28 heavy (non-hydrogen) atoms. The first-order valence-electron chi connectivity index (χ1n) is 9.88. The van der Waals surface area contributed by atoms with Crippen LogP contribution in [0, 0.1) is 0 Å². The number of ether oxygens (including phenoxy) is 4. The van der Waals surface area contributed by atoms with Crippen LogP contribution in [0.4, 0.5) is 4.79 Å². The lowest BCUT2D eigenvalue weighted by atomic mass is 9.98. The number of nitrogens with zero attached hydrogens (tertiary/aromatic N) is 1. The first-order valence-corrected chi connectivity index (χ1v) is 9.88. The van der Waals surface area contributed by atoms with E-state index >= 15 is 0 Å². The van der Waals surface area contributed by atoms with Crippen LogP contribution in [0.1, 0.15) is 45.6 Å². The Balaban J connectivity index is 1.67. The van der Waals surface area contributed by atoms with E-state index in [1.165, 1.54) is 0 Å². The fourth-order valence-corrected chi connectivity index (χ4v) is 3.79. The highest BCUT2D eigenvalue weighted by atomic mass is 16.6. The molecule has 1 aromatic carbocycles. The smallest absolute Gasteiger partial charge is 0.412 e.